The molecule has 4 nitrogen and oxygen atoms in total. The van der Waals surface area contributed by atoms with Crippen LogP contribution in [0.25, 0.3) is 0 Å². The van der Waals surface area contributed by atoms with Crippen molar-refractivity contribution in [1.29, 1.82) is 0 Å². The molecule has 1 aromatic rings. The highest BCUT2D eigenvalue weighted by molar-refractivity contribution is 9.10. The van der Waals surface area contributed by atoms with Gasteiger partial charge in [-0.2, -0.15) is 5.10 Å². The van der Waals surface area contributed by atoms with E-state index in [0.29, 0.717) is 4.47 Å². The molecule has 1 aromatic heterocycles. The molecular weight excluding hydrogens is 294 g/mol. The van der Waals surface area contributed by atoms with Gasteiger partial charge in [-0.25, -0.2) is 4.68 Å². The van der Waals surface area contributed by atoms with Gasteiger partial charge in [-0.3, -0.25) is 4.79 Å². The molecule has 0 radical (unpaired) electrons. The van der Waals surface area contributed by atoms with E-state index in [2.05, 4.69) is 26.3 Å². The Labute approximate surface area is 116 Å². The summed E-state index contributed by atoms with van der Waals surface area (Å²) in [5.41, 5.74) is 0.741. The van der Waals surface area contributed by atoms with Gasteiger partial charge < -0.3 is 5.32 Å². The van der Waals surface area contributed by atoms with Crippen LogP contribution in [0.1, 0.15) is 45.6 Å². The second-order valence-corrected chi connectivity index (χ2v) is 6.04. The molecule has 0 aliphatic heterocycles. The summed E-state index contributed by atoms with van der Waals surface area (Å²) in [4.78, 5) is 12.0. The lowest BCUT2D eigenvalue weighted by Gasteiger charge is -2.14. The highest BCUT2D eigenvalue weighted by Gasteiger charge is 2.16. The topological polar surface area (TPSA) is 46.9 Å². The molecule has 1 heterocycles. The fourth-order valence-electron chi connectivity index (χ4n) is 2.40. The maximum absolute atomic E-state index is 12.0. The summed E-state index contributed by atoms with van der Waals surface area (Å²) in [6.07, 6.45) is 6.99. The zero-order valence-electron chi connectivity index (χ0n) is 10.9. The first-order valence-corrected chi connectivity index (χ1v) is 7.40. The Morgan fingerprint density at radius 2 is 2.17 bits per heavy atom. The minimum absolute atomic E-state index is 0.0681. The molecule has 0 spiro atoms. The van der Waals surface area contributed by atoms with Crippen molar-refractivity contribution in [3.8, 4) is 0 Å². The van der Waals surface area contributed by atoms with Gasteiger partial charge in [0.2, 0.25) is 0 Å². The average molecular weight is 314 g/mol. The number of rotatable bonds is 4. The molecule has 1 aliphatic carbocycles. The van der Waals surface area contributed by atoms with Crippen molar-refractivity contribution in [3.63, 3.8) is 0 Å². The van der Waals surface area contributed by atoms with Crippen molar-refractivity contribution in [2.45, 2.75) is 45.6 Å². The van der Waals surface area contributed by atoms with Crippen LogP contribution < -0.4 is 10.9 Å². The van der Waals surface area contributed by atoms with E-state index in [1.165, 1.54) is 30.4 Å². The molecule has 0 bridgehead atoms. The van der Waals surface area contributed by atoms with Gasteiger partial charge in [-0.1, -0.05) is 12.8 Å². The third-order valence-electron chi connectivity index (χ3n) is 3.49. The zero-order valence-corrected chi connectivity index (χ0v) is 12.5. The number of nitrogens with zero attached hydrogens (tertiary/aromatic N) is 2. The summed E-state index contributed by atoms with van der Waals surface area (Å²) in [7, 11) is 0. The Kier molecular flexibility index (Phi) is 4.43. The molecule has 5 heteroatoms. The Bertz CT molecular complexity index is 464. The molecule has 0 atom stereocenters. The average Bonchev–Trinajstić information content (AvgIpc) is 2.83. The minimum atomic E-state index is -0.0681. The Morgan fingerprint density at radius 3 is 2.78 bits per heavy atom. The van der Waals surface area contributed by atoms with Crippen LogP contribution in [0.2, 0.25) is 0 Å². The Morgan fingerprint density at radius 1 is 1.50 bits per heavy atom. The molecule has 100 valence electrons. The molecule has 0 unspecified atom stereocenters. The van der Waals surface area contributed by atoms with Crippen molar-refractivity contribution in [1.82, 2.24) is 9.78 Å². The molecular formula is C13H20BrN3O. The predicted molar refractivity (Wildman–Crippen MR) is 77.0 cm³/mol. The summed E-state index contributed by atoms with van der Waals surface area (Å²) in [6.45, 7) is 4.84. The lowest BCUT2D eigenvalue weighted by Crippen LogP contribution is -2.26. The molecule has 0 amide bonds. The molecule has 1 N–H and O–H groups in total. The molecule has 18 heavy (non-hydrogen) atoms. The van der Waals surface area contributed by atoms with Crippen LogP contribution in [0.5, 0.6) is 0 Å². The second-order valence-electron chi connectivity index (χ2n) is 5.25. The Hall–Kier alpha value is -0.840. The summed E-state index contributed by atoms with van der Waals surface area (Å²) >= 11 is 3.37. The summed E-state index contributed by atoms with van der Waals surface area (Å²) < 4.78 is 2.08. The van der Waals surface area contributed by atoms with E-state index in [1.54, 1.807) is 6.20 Å². The number of halogens is 1. The van der Waals surface area contributed by atoms with Gasteiger partial charge in [-0.15, -0.1) is 0 Å². The molecule has 2 rings (SSSR count). The van der Waals surface area contributed by atoms with Gasteiger partial charge >= 0.3 is 0 Å². The van der Waals surface area contributed by atoms with Gasteiger partial charge in [-0.05, 0) is 48.5 Å². The molecule has 1 saturated carbocycles. The third-order valence-corrected chi connectivity index (χ3v) is 4.25. The summed E-state index contributed by atoms with van der Waals surface area (Å²) in [6, 6.07) is 0.0812. The summed E-state index contributed by atoms with van der Waals surface area (Å²) in [5.74, 6) is 0.740. The quantitative estimate of drug-likeness (QED) is 0.928. The van der Waals surface area contributed by atoms with Crippen molar-refractivity contribution in [2.24, 2.45) is 5.92 Å². The maximum atomic E-state index is 12.0. The smallest absolute Gasteiger partial charge is 0.283 e. The molecule has 0 saturated heterocycles. The molecule has 1 fully saturated rings. The van der Waals surface area contributed by atoms with Crippen LogP contribution in [-0.2, 0) is 0 Å². The van der Waals surface area contributed by atoms with E-state index in [0.717, 1.165) is 18.2 Å². The normalized spacial score (nSPS) is 16.4. The van der Waals surface area contributed by atoms with Crippen LogP contribution in [0.4, 0.5) is 5.69 Å². The largest absolute Gasteiger partial charge is 0.382 e. The van der Waals surface area contributed by atoms with E-state index in [4.69, 9.17) is 0 Å². The molecule has 1 aliphatic rings. The van der Waals surface area contributed by atoms with Crippen LogP contribution >= 0.6 is 15.9 Å². The fraction of sp³-hybridized carbons (Fsp3) is 0.692. The first-order valence-electron chi connectivity index (χ1n) is 6.60. The lowest BCUT2D eigenvalue weighted by molar-refractivity contribution is 0.500. The number of aromatic nitrogens is 2. The number of hydrogen-bond acceptors (Lipinski definition) is 3. The van der Waals surface area contributed by atoms with Gasteiger partial charge in [0.05, 0.1) is 17.9 Å². The van der Waals surface area contributed by atoms with Crippen LogP contribution in [0.15, 0.2) is 15.5 Å². The van der Waals surface area contributed by atoms with E-state index in [9.17, 15) is 4.79 Å². The predicted octanol–water partition coefficient (Wildman–Crippen LogP) is 3.19. The first kappa shape index (κ1) is 13.6. The van der Waals surface area contributed by atoms with Crippen molar-refractivity contribution >= 4 is 21.6 Å². The maximum Gasteiger partial charge on any atom is 0.283 e. The minimum Gasteiger partial charge on any atom is -0.382 e. The van der Waals surface area contributed by atoms with E-state index >= 15 is 0 Å². The van der Waals surface area contributed by atoms with Gasteiger partial charge in [0.15, 0.2) is 0 Å². The summed E-state index contributed by atoms with van der Waals surface area (Å²) in [5, 5.41) is 7.53. The van der Waals surface area contributed by atoms with Gasteiger partial charge in [0, 0.05) is 6.54 Å². The number of anilines is 1. The van der Waals surface area contributed by atoms with Crippen molar-refractivity contribution in [3.05, 3.63) is 21.0 Å². The van der Waals surface area contributed by atoms with Crippen molar-refractivity contribution in [2.75, 3.05) is 11.9 Å². The Balaban J connectivity index is 2.09. The van der Waals surface area contributed by atoms with Gasteiger partial charge in [0.25, 0.3) is 5.56 Å². The standard InChI is InChI=1S/C13H20BrN3O/c1-9(2)17-13(18)12(14)11(8-16-17)15-7-10-5-3-4-6-10/h8-10,15H,3-7H2,1-2H3. The van der Waals surface area contributed by atoms with Gasteiger partial charge in [0.1, 0.15) is 4.47 Å². The van der Waals surface area contributed by atoms with E-state index < -0.39 is 0 Å². The monoisotopic (exact) mass is 313 g/mol. The van der Waals surface area contributed by atoms with E-state index in [-0.39, 0.29) is 11.6 Å². The fourth-order valence-corrected chi connectivity index (χ4v) is 2.83. The highest BCUT2D eigenvalue weighted by Crippen LogP contribution is 2.26. The SMILES string of the molecule is CC(C)n1ncc(NCC2CCCC2)c(Br)c1=O. The lowest BCUT2D eigenvalue weighted by atomic mass is 10.1. The number of hydrogen-bond donors (Lipinski definition) is 1. The highest BCUT2D eigenvalue weighted by atomic mass is 79.9. The molecule has 0 aromatic carbocycles. The zero-order chi connectivity index (χ0) is 13.1. The van der Waals surface area contributed by atoms with E-state index in [1.807, 2.05) is 13.8 Å². The number of nitrogens with one attached hydrogen (secondary N) is 1. The second kappa shape index (κ2) is 5.87. The van der Waals surface area contributed by atoms with Crippen LogP contribution in [-0.4, -0.2) is 16.3 Å². The van der Waals surface area contributed by atoms with Crippen molar-refractivity contribution < 1.29 is 0 Å². The van der Waals surface area contributed by atoms with Crippen LogP contribution in [0.3, 0.4) is 0 Å². The first-order chi connectivity index (χ1) is 8.59. The van der Waals surface area contributed by atoms with Crippen LogP contribution in [0, 0.1) is 5.92 Å². The third kappa shape index (κ3) is 2.94.